The van der Waals surface area contributed by atoms with Crippen LogP contribution in [-0.4, -0.2) is 53.8 Å². The van der Waals surface area contributed by atoms with Gasteiger partial charge in [0.15, 0.2) is 12.4 Å². The minimum atomic E-state index is 0.0129. The number of piperazine rings is 1. The maximum atomic E-state index is 12.5. The monoisotopic (exact) mass is 402 g/mol. The third kappa shape index (κ3) is 4.43. The predicted octanol–water partition coefficient (Wildman–Crippen LogP) is 3.49. The van der Waals surface area contributed by atoms with E-state index in [9.17, 15) is 4.79 Å². The number of hydrogen-bond acceptors (Lipinski definition) is 5. The van der Waals surface area contributed by atoms with E-state index in [1.165, 1.54) is 5.56 Å². The first-order chi connectivity index (χ1) is 14.6. The van der Waals surface area contributed by atoms with Crippen molar-refractivity contribution in [1.29, 1.82) is 0 Å². The third-order valence-corrected chi connectivity index (χ3v) is 5.47. The molecule has 0 N–H and O–H groups in total. The van der Waals surface area contributed by atoms with Gasteiger partial charge in [0.1, 0.15) is 5.75 Å². The molecule has 1 fully saturated rings. The van der Waals surface area contributed by atoms with Crippen LogP contribution in [0.3, 0.4) is 0 Å². The van der Waals surface area contributed by atoms with Gasteiger partial charge in [0, 0.05) is 31.7 Å². The molecular weight excluding hydrogens is 376 g/mol. The summed E-state index contributed by atoms with van der Waals surface area (Å²) >= 11 is 0. The second-order valence-electron chi connectivity index (χ2n) is 7.51. The SMILES string of the molecule is Cc1ccccc1OCC(=O)N1CCN(c2ccc(-c3ccccc3C)nn2)CC1. The maximum Gasteiger partial charge on any atom is 0.260 e. The van der Waals surface area contributed by atoms with Crippen LogP contribution in [0.2, 0.25) is 0 Å². The van der Waals surface area contributed by atoms with Gasteiger partial charge < -0.3 is 14.5 Å². The number of carbonyl (C=O) groups excluding carboxylic acids is 1. The molecule has 1 aliphatic heterocycles. The Bertz CT molecular complexity index is 1010. The Morgan fingerprint density at radius 3 is 2.23 bits per heavy atom. The number of aryl methyl sites for hydroxylation is 2. The van der Waals surface area contributed by atoms with Crippen molar-refractivity contribution < 1.29 is 9.53 Å². The van der Waals surface area contributed by atoms with Crippen LogP contribution in [0.1, 0.15) is 11.1 Å². The maximum absolute atomic E-state index is 12.5. The molecule has 1 saturated heterocycles. The number of rotatable bonds is 5. The molecular formula is C24H26N4O2. The highest BCUT2D eigenvalue weighted by Gasteiger charge is 2.22. The van der Waals surface area contributed by atoms with Gasteiger partial charge in [-0.25, -0.2) is 0 Å². The molecule has 0 atom stereocenters. The van der Waals surface area contributed by atoms with Gasteiger partial charge in [0.25, 0.3) is 5.91 Å². The highest BCUT2D eigenvalue weighted by Crippen LogP contribution is 2.22. The summed E-state index contributed by atoms with van der Waals surface area (Å²) < 4.78 is 5.70. The van der Waals surface area contributed by atoms with Crippen molar-refractivity contribution in [3.63, 3.8) is 0 Å². The van der Waals surface area contributed by atoms with Crippen molar-refractivity contribution in [2.45, 2.75) is 13.8 Å². The van der Waals surface area contributed by atoms with Crippen molar-refractivity contribution in [2.24, 2.45) is 0 Å². The Kier molecular flexibility index (Phi) is 5.93. The zero-order valence-electron chi connectivity index (χ0n) is 17.4. The summed E-state index contributed by atoms with van der Waals surface area (Å²) in [7, 11) is 0. The fraction of sp³-hybridized carbons (Fsp3) is 0.292. The Labute approximate surface area is 177 Å². The lowest BCUT2D eigenvalue weighted by atomic mass is 10.1. The Morgan fingerprint density at radius 2 is 1.57 bits per heavy atom. The number of amides is 1. The predicted molar refractivity (Wildman–Crippen MR) is 118 cm³/mol. The van der Waals surface area contributed by atoms with E-state index in [0.717, 1.165) is 41.5 Å². The van der Waals surface area contributed by atoms with Crippen molar-refractivity contribution in [3.8, 4) is 17.0 Å². The van der Waals surface area contributed by atoms with E-state index < -0.39 is 0 Å². The van der Waals surface area contributed by atoms with E-state index in [1.54, 1.807) is 0 Å². The Morgan fingerprint density at radius 1 is 0.867 bits per heavy atom. The molecule has 0 aliphatic carbocycles. The number of ether oxygens (including phenoxy) is 1. The molecule has 6 heteroatoms. The van der Waals surface area contributed by atoms with Crippen LogP contribution in [0.4, 0.5) is 5.82 Å². The molecule has 0 radical (unpaired) electrons. The van der Waals surface area contributed by atoms with Gasteiger partial charge >= 0.3 is 0 Å². The Balaban J connectivity index is 1.31. The summed E-state index contributed by atoms with van der Waals surface area (Å²) in [6.45, 7) is 6.88. The van der Waals surface area contributed by atoms with E-state index in [1.807, 2.05) is 60.4 Å². The summed E-state index contributed by atoms with van der Waals surface area (Å²) in [5.74, 6) is 1.61. The molecule has 0 spiro atoms. The quantitative estimate of drug-likeness (QED) is 0.654. The van der Waals surface area contributed by atoms with E-state index in [2.05, 4.69) is 34.2 Å². The average molecular weight is 402 g/mol. The minimum Gasteiger partial charge on any atom is -0.484 e. The van der Waals surface area contributed by atoms with Gasteiger partial charge in [-0.15, -0.1) is 10.2 Å². The first kappa shape index (κ1) is 19.9. The van der Waals surface area contributed by atoms with Crippen molar-refractivity contribution in [3.05, 3.63) is 71.8 Å². The van der Waals surface area contributed by atoms with E-state index in [-0.39, 0.29) is 12.5 Å². The number of nitrogens with zero attached hydrogens (tertiary/aromatic N) is 4. The number of anilines is 1. The zero-order chi connectivity index (χ0) is 20.9. The fourth-order valence-electron chi connectivity index (χ4n) is 3.63. The number of hydrogen-bond donors (Lipinski definition) is 0. The average Bonchev–Trinajstić information content (AvgIpc) is 2.79. The van der Waals surface area contributed by atoms with Crippen molar-refractivity contribution >= 4 is 11.7 Å². The smallest absolute Gasteiger partial charge is 0.260 e. The number of para-hydroxylation sites is 1. The number of aromatic nitrogens is 2. The molecule has 2 heterocycles. The van der Waals surface area contributed by atoms with Crippen LogP contribution in [0.15, 0.2) is 60.7 Å². The third-order valence-electron chi connectivity index (χ3n) is 5.47. The van der Waals surface area contributed by atoms with Crippen molar-refractivity contribution in [1.82, 2.24) is 15.1 Å². The molecule has 1 amide bonds. The molecule has 4 rings (SSSR count). The standard InChI is InChI=1S/C24H26N4O2/c1-18-7-3-5-9-20(18)21-11-12-23(26-25-21)27-13-15-28(16-14-27)24(29)17-30-22-10-6-4-8-19(22)2/h3-12H,13-17H2,1-2H3. The van der Waals surface area contributed by atoms with Gasteiger partial charge in [-0.3, -0.25) is 4.79 Å². The van der Waals surface area contributed by atoms with E-state index in [0.29, 0.717) is 13.1 Å². The van der Waals surface area contributed by atoms with E-state index in [4.69, 9.17) is 4.74 Å². The van der Waals surface area contributed by atoms with Gasteiger partial charge in [-0.2, -0.15) is 0 Å². The molecule has 1 aliphatic rings. The van der Waals surface area contributed by atoms with E-state index >= 15 is 0 Å². The van der Waals surface area contributed by atoms with Crippen LogP contribution >= 0.6 is 0 Å². The molecule has 30 heavy (non-hydrogen) atoms. The first-order valence-corrected chi connectivity index (χ1v) is 10.2. The van der Waals surface area contributed by atoms with Gasteiger partial charge in [0.05, 0.1) is 5.69 Å². The Hall–Kier alpha value is -3.41. The molecule has 6 nitrogen and oxygen atoms in total. The molecule has 0 saturated carbocycles. The largest absolute Gasteiger partial charge is 0.484 e. The first-order valence-electron chi connectivity index (χ1n) is 10.2. The second-order valence-corrected chi connectivity index (χ2v) is 7.51. The molecule has 3 aromatic rings. The lowest BCUT2D eigenvalue weighted by molar-refractivity contribution is -0.133. The molecule has 154 valence electrons. The lowest BCUT2D eigenvalue weighted by Crippen LogP contribution is -2.50. The zero-order valence-corrected chi connectivity index (χ0v) is 17.4. The molecule has 0 unspecified atom stereocenters. The van der Waals surface area contributed by atoms with Crippen LogP contribution in [0.25, 0.3) is 11.3 Å². The van der Waals surface area contributed by atoms with Gasteiger partial charge in [-0.05, 0) is 43.2 Å². The summed E-state index contributed by atoms with van der Waals surface area (Å²) in [6, 6.07) is 19.9. The van der Waals surface area contributed by atoms with Crippen LogP contribution in [-0.2, 0) is 4.79 Å². The van der Waals surface area contributed by atoms with Crippen LogP contribution < -0.4 is 9.64 Å². The summed E-state index contributed by atoms with van der Waals surface area (Å²) in [5, 5.41) is 8.84. The molecule has 0 bridgehead atoms. The fourth-order valence-corrected chi connectivity index (χ4v) is 3.63. The summed E-state index contributed by atoms with van der Waals surface area (Å²) in [6.07, 6.45) is 0. The van der Waals surface area contributed by atoms with Gasteiger partial charge in [0.2, 0.25) is 0 Å². The topological polar surface area (TPSA) is 58.6 Å². The highest BCUT2D eigenvalue weighted by molar-refractivity contribution is 5.78. The summed E-state index contributed by atoms with van der Waals surface area (Å²) in [5.41, 5.74) is 4.18. The highest BCUT2D eigenvalue weighted by atomic mass is 16.5. The lowest BCUT2D eigenvalue weighted by Gasteiger charge is -2.35. The second kappa shape index (κ2) is 8.95. The normalized spacial score (nSPS) is 13.9. The molecule has 2 aromatic carbocycles. The summed E-state index contributed by atoms with van der Waals surface area (Å²) in [4.78, 5) is 16.5. The van der Waals surface area contributed by atoms with Gasteiger partial charge in [-0.1, -0.05) is 42.5 Å². The van der Waals surface area contributed by atoms with Crippen LogP contribution in [0.5, 0.6) is 5.75 Å². The number of carbonyl (C=O) groups is 1. The van der Waals surface area contributed by atoms with Crippen molar-refractivity contribution in [2.75, 3.05) is 37.7 Å². The minimum absolute atomic E-state index is 0.0129. The van der Waals surface area contributed by atoms with Crippen LogP contribution in [0, 0.1) is 13.8 Å². The molecule has 1 aromatic heterocycles. The number of benzene rings is 2.